The molecule has 302 valence electrons. The van der Waals surface area contributed by atoms with Crippen molar-refractivity contribution >= 4 is 40.5 Å². The number of carbonyl (C=O) groups excluding carboxylic acids is 2. The molecular formula is C49H54ClN3O5. The van der Waals surface area contributed by atoms with Gasteiger partial charge in [0.25, 0.3) is 11.8 Å². The van der Waals surface area contributed by atoms with Crippen molar-refractivity contribution in [3.63, 3.8) is 0 Å². The number of anilines is 2. The number of carbonyl (C=O) groups is 2. The molecule has 5 aromatic carbocycles. The first kappa shape index (κ1) is 42.0. The Hall–Kier alpha value is -5.60. The molecule has 0 bridgehead atoms. The van der Waals surface area contributed by atoms with E-state index in [0.717, 1.165) is 41.0 Å². The molecule has 1 aliphatic heterocycles. The molecule has 2 amide bonds. The third-order valence-corrected chi connectivity index (χ3v) is 11.6. The summed E-state index contributed by atoms with van der Waals surface area (Å²) in [7, 11) is 0. The van der Waals surface area contributed by atoms with E-state index in [4.69, 9.17) is 30.9 Å². The Morgan fingerprint density at radius 1 is 0.828 bits per heavy atom. The average Bonchev–Trinajstić information content (AvgIpc) is 3.55. The third kappa shape index (κ3) is 9.56. The number of amides is 2. The third-order valence-electron chi connectivity index (χ3n) is 11.2. The molecule has 0 saturated heterocycles. The van der Waals surface area contributed by atoms with Crippen LogP contribution in [0.15, 0.2) is 120 Å². The van der Waals surface area contributed by atoms with E-state index in [-0.39, 0.29) is 29.3 Å². The van der Waals surface area contributed by atoms with Gasteiger partial charge in [0.15, 0.2) is 6.10 Å². The van der Waals surface area contributed by atoms with Gasteiger partial charge in [0.05, 0.1) is 5.69 Å². The Morgan fingerprint density at radius 2 is 1.52 bits per heavy atom. The number of para-hydroxylation sites is 1. The molecule has 1 aliphatic rings. The van der Waals surface area contributed by atoms with E-state index in [1.54, 1.807) is 30.3 Å². The van der Waals surface area contributed by atoms with Crippen molar-refractivity contribution in [3.05, 3.63) is 148 Å². The van der Waals surface area contributed by atoms with Crippen molar-refractivity contribution in [2.45, 2.75) is 104 Å². The molecule has 9 heteroatoms. The smallest absolute Gasteiger partial charge is 0.294 e. The molecule has 0 radical (unpaired) electrons. The van der Waals surface area contributed by atoms with E-state index in [2.05, 4.69) is 59.0 Å². The van der Waals surface area contributed by atoms with Crippen molar-refractivity contribution in [1.82, 2.24) is 0 Å². The van der Waals surface area contributed by atoms with Crippen LogP contribution in [0.25, 0.3) is 0 Å². The minimum absolute atomic E-state index is 0.0181. The lowest BCUT2D eigenvalue weighted by Gasteiger charge is -2.31. The van der Waals surface area contributed by atoms with Crippen LogP contribution in [0.1, 0.15) is 95.5 Å². The molecule has 2 atom stereocenters. The van der Waals surface area contributed by atoms with Gasteiger partial charge in [-0.25, -0.2) is 0 Å². The lowest BCUT2D eigenvalue weighted by atomic mass is 9.76. The lowest BCUT2D eigenvalue weighted by molar-refractivity contribution is -0.123. The minimum atomic E-state index is -1.03. The number of rotatable bonds is 16. The van der Waals surface area contributed by atoms with E-state index < -0.39 is 12.2 Å². The van der Waals surface area contributed by atoms with Crippen LogP contribution >= 0.6 is 11.6 Å². The van der Waals surface area contributed by atoms with Crippen LogP contribution in [0.2, 0.25) is 5.02 Å². The number of nitrogens with one attached hydrogen (secondary N) is 1. The molecule has 8 nitrogen and oxygen atoms in total. The van der Waals surface area contributed by atoms with Gasteiger partial charge in [0, 0.05) is 27.4 Å². The van der Waals surface area contributed by atoms with Gasteiger partial charge in [0.2, 0.25) is 6.10 Å². The van der Waals surface area contributed by atoms with Crippen molar-refractivity contribution in [2.24, 2.45) is 5.10 Å². The molecule has 0 spiro atoms. The van der Waals surface area contributed by atoms with Gasteiger partial charge in [-0.05, 0) is 103 Å². The first-order valence-corrected chi connectivity index (χ1v) is 20.5. The zero-order valence-electron chi connectivity index (χ0n) is 34.8. The number of halogens is 1. The van der Waals surface area contributed by atoms with Gasteiger partial charge in [-0.3, -0.25) is 9.59 Å². The summed E-state index contributed by atoms with van der Waals surface area (Å²) in [6.45, 7) is 17.5. The number of hydrazone groups is 1. The summed E-state index contributed by atoms with van der Waals surface area (Å²) in [5, 5.41) is 9.62. The zero-order chi connectivity index (χ0) is 41.6. The van der Waals surface area contributed by atoms with Crippen LogP contribution in [0.5, 0.6) is 17.2 Å². The normalized spacial score (nSPS) is 14.8. The van der Waals surface area contributed by atoms with E-state index in [1.165, 1.54) is 10.6 Å². The fraction of sp³-hybridized carbons (Fsp3) is 0.327. The Kier molecular flexibility index (Phi) is 13.0. The highest BCUT2D eigenvalue weighted by molar-refractivity contribution is 6.32. The number of hydrogen-bond acceptors (Lipinski definition) is 6. The lowest BCUT2D eigenvalue weighted by Crippen LogP contribution is -2.37. The molecular weight excluding hydrogens is 746 g/mol. The van der Waals surface area contributed by atoms with Crippen molar-refractivity contribution in [1.29, 1.82) is 0 Å². The molecule has 0 fully saturated rings. The largest absolute Gasteiger partial charge is 0.489 e. The van der Waals surface area contributed by atoms with Gasteiger partial charge in [0.1, 0.15) is 29.6 Å². The van der Waals surface area contributed by atoms with E-state index in [0.29, 0.717) is 39.8 Å². The summed E-state index contributed by atoms with van der Waals surface area (Å²) < 4.78 is 18.7. The zero-order valence-corrected chi connectivity index (χ0v) is 35.5. The number of aryl methyl sites for hydroxylation is 1. The van der Waals surface area contributed by atoms with Gasteiger partial charge < -0.3 is 19.5 Å². The predicted octanol–water partition coefficient (Wildman–Crippen LogP) is 11.6. The summed E-state index contributed by atoms with van der Waals surface area (Å²) in [5.74, 6) is 1.38. The van der Waals surface area contributed by atoms with Crippen LogP contribution in [0, 0.1) is 6.92 Å². The summed E-state index contributed by atoms with van der Waals surface area (Å²) in [6.07, 6.45) is 0.658. The molecule has 58 heavy (non-hydrogen) atoms. The molecule has 6 rings (SSSR count). The van der Waals surface area contributed by atoms with Gasteiger partial charge in [-0.2, -0.15) is 10.1 Å². The topological polar surface area (TPSA) is 89.5 Å². The molecule has 5 aromatic rings. The first-order chi connectivity index (χ1) is 27.7. The summed E-state index contributed by atoms with van der Waals surface area (Å²) in [4.78, 5) is 27.8. The molecule has 2 unspecified atom stereocenters. The van der Waals surface area contributed by atoms with Gasteiger partial charge >= 0.3 is 0 Å². The van der Waals surface area contributed by atoms with Crippen molar-refractivity contribution < 1.29 is 23.8 Å². The average molecular weight is 800 g/mol. The highest BCUT2D eigenvalue weighted by Crippen LogP contribution is 2.39. The second kappa shape index (κ2) is 17.9. The predicted molar refractivity (Wildman–Crippen MR) is 235 cm³/mol. The maximum Gasteiger partial charge on any atom is 0.294 e. The highest BCUT2D eigenvalue weighted by atomic mass is 35.5. The van der Waals surface area contributed by atoms with Crippen molar-refractivity contribution in [3.8, 4) is 17.2 Å². The van der Waals surface area contributed by atoms with Crippen LogP contribution in [-0.4, -0.2) is 29.7 Å². The number of ether oxygens (including phenoxy) is 3. The Labute approximate surface area is 348 Å². The SMILES string of the molecule is CCC(Oc1ccc(C(C)(C)CC)cc1C(C)(C)CC)C(=O)Nc1ccc(N2N=C(c3ccc(COc4ccccc4)c(Cl)c3)C(Oc3ccc(C)cc3)C2=O)cc1. The number of benzene rings is 5. The highest BCUT2D eigenvalue weighted by Gasteiger charge is 2.40. The maximum atomic E-state index is 14.1. The monoisotopic (exact) mass is 799 g/mol. The molecule has 0 aromatic heterocycles. The molecule has 1 heterocycles. The Morgan fingerprint density at radius 3 is 2.16 bits per heavy atom. The van der Waals surface area contributed by atoms with Crippen molar-refractivity contribution in [2.75, 3.05) is 10.3 Å². The molecule has 0 saturated carbocycles. The Bertz CT molecular complexity index is 2250. The maximum absolute atomic E-state index is 14.1. The quantitative estimate of drug-likeness (QED) is 0.107. The standard InChI is InChI=1S/C49H54ClN3O5/c1-9-42(58-43-28-21-35(48(5,6)10-2)30-40(43)49(7,8)11-3)46(54)51-36-22-24-37(25-23-36)53-47(55)45(57-39-26-17-32(4)18-27-39)44(52-53)33-19-20-34(41(50)29-33)31-56-38-15-13-12-14-16-38/h12-30,42,45H,9-11,31H2,1-8H3,(H,51,54). The first-order valence-electron chi connectivity index (χ1n) is 20.1. The molecule has 1 N–H and O–H groups in total. The minimum Gasteiger partial charge on any atom is -0.489 e. The molecule has 0 aliphatic carbocycles. The van der Waals surface area contributed by atoms with E-state index in [1.807, 2.05) is 86.6 Å². The van der Waals surface area contributed by atoms with Crippen LogP contribution in [0.3, 0.4) is 0 Å². The van der Waals surface area contributed by atoms with E-state index in [9.17, 15) is 9.59 Å². The van der Waals surface area contributed by atoms with Gasteiger partial charge in [-0.1, -0.05) is 120 Å². The Balaban J connectivity index is 1.21. The second-order valence-corrected chi connectivity index (χ2v) is 16.5. The number of nitrogens with zero attached hydrogens (tertiary/aromatic N) is 2. The summed E-state index contributed by atoms with van der Waals surface area (Å²) >= 11 is 6.77. The fourth-order valence-corrected chi connectivity index (χ4v) is 6.79. The van der Waals surface area contributed by atoms with Crippen LogP contribution in [0.4, 0.5) is 11.4 Å². The second-order valence-electron chi connectivity index (χ2n) is 16.1. The van der Waals surface area contributed by atoms with Crippen LogP contribution < -0.4 is 24.5 Å². The summed E-state index contributed by atoms with van der Waals surface area (Å²) in [6, 6.07) is 36.0. The number of hydrogen-bond donors (Lipinski definition) is 1. The van der Waals surface area contributed by atoms with E-state index >= 15 is 0 Å². The van der Waals surface area contributed by atoms with Crippen LogP contribution in [-0.2, 0) is 27.0 Å². The van der Waals surface area contributed by atoms with Gasteiger partial charge in [-0.15, -0.1) is 0 Å². The fourth-order valence-electron chi connectivity index (χ4n) is 6.55. The summed E-state index contributed by atoms with van der Waals surface area (Å²) in [5.41, 5.74) is 6.22.